The van der Waals surface area contributed by atoms with Crippen molar-refractivity contribution in [3.8, 4) is 0 Å². The molecule has 0 spiro atoms. The van der Waals surface area contributed by atoms with Crippen LogP contribution >= 0.6 is 0 Å². The van der Waals surface area contributed by atoms with Crippen molar-refractivity contribution < 1.29 is 20.4 Å². The minimum absolute atomic E-state index is 0. The summed E-state index contributed by atoms with van der Waals surface area (Å²) < 4.78 is 0. The van der Waals surface area contributed by atoms with Gasteiger partial charge in [-0.15, -0.1) is 0 Å². The standard InChI is InChI=1S/C10H13N4.Re/c1-6-11-5-7-8(12-6)9(14-13-7)10(2,3)4;/h9H,1-4H3;/q-1;. The molecule has 1 unspecified atom stereocenters. The van der Waals surface area contributed by atoms with E-state index in [4.69, 9.17) is 0 Å². The number of azo groups is 1. The largest absolute Gasteiger partial charge is 0.371 e. The molecular formula is C10H13N4Re-. The van der Waals surface area contributed by atoms with Crippen molar-refractivity contribution >= 4 is 5.69 Å². The SMILES string of the molecule is Cc1n[c-]c2c(n1)C(C(C)(C)C)N=N2.[Re]. The van der Waals surface area contributed by atoms with Gasteiger partial charge in [0.25, 0.3) is 0 Å². The van der Waals surface area contributed by atoms with Crippen molar-refractivity contribution in [2.45, 2.75) is 33.7 Å². The maximum absolute atomic E-state index is 4.37. The van der Waals surface area contributed by atoms with Crippen LogP contribution in [0.15, 0.2) is 10.2 Å². The van der Waals surface area contributed by atoms with Gasteiger partial charge in [0, 0.05) is 31.9 Å². The molecule has 0 saturated carbocycles. The van der Waals surface area contributed by atoms with E-state index in [1.54, 1.807) is 0 Å². The fraction of sp³-hybridized carbons (Fsp3) is 0.600. The van der Waals surface area contributed by atoms with Crippen LogP contribution in [0.4, 0.5) is 5.69 Å². The van der Waals surface area contributed by atoms with E-state index in [-0.39, 0.29) is 31.9 Å². The molecular weight excluding hydrogens is 362 g/mol. The summed E-state index contributed by atoms with van der Waals surface area (Å²) in [5, 5.41) is 8.24. The minimum atomic E-state index is 0. The molecule has 2 rings (SSSR count). The Kier molecular flexibility index (Phi) is 3.37. The van der Waals surface area contributed by atoms with E-state index < -0.39 is 0 Å². The Morgan fingerprint density at radius 2 is 1.93 bits per heavy atom. The van der Waals surface area contributed by atoms with Gasteiger partial charge in [-0.3, -0.25) is 0 Å². The van der Waals surface area contributed by atoms with Gasteiger partial charge >= 0.3 is 0 Å². The predicted octanol–water partition coefficient (Wildman–Crippen LogP) is 2.77. The molecule has 0 bridgehead atoms. The van der Waals surface area contributed by atoms with Crippen molar-refractivity contribution in [1.82, 2.24) is 9.97 Å². The molecule has 5 heteroatoms. The van der Waals surface area contributed by atoms with Crippen LogP contribution in [0.2, 0.25) is 0 Å². The summed E-state index contributed by atoms with van der Waals surface area (Å²) in [6.45, 7) is 8.24. The molecule has 15 heavy (non-hydrogen) atoms. The first-order valence-corrected chi connectivity index (χ1v) is 4.65. The molecule has 0 fully saturated rings. The quantitative estimate of drug-likeness (QED) is 0.655. The number of aryl methyl sites for hydroxylation is 1. The molecule has 2 heterocycles. The summed E-state index contributed by atoms with van der Waals surface area (Å²) in [4.78, 5) is 8.35. The van der Waals surface area contributed by atoms with Crippen molar-refractivity contribution in [3.05, 3.63) is 17.7 Å². The second-order valence-electron chi connectivity index (χ2n) is 4.60. The van der Waals surface area contributed by atoms with E-state index in [2.05, 4.69) is 47.2 Å². The van der Waals surface area contributed by atoms with Crippen molar-refractivity contribution in [2.24, 2.45) is 15.6 Å². The molecule has 0 amide bonds. The molecule has 81 valence electrons. The van der Waals surface area contributed by atoms with Gasteiger partial charge < -0.3 is 9.97 Å². The normalized spacial score (nSPS) is 18.5. The number of nitrogens with zero attached hydrogens (tertiary/aromatic N) is 4. The second kappa shape index (κ2) is 4.07. The minimum Gasteiger partial charge on any atom is -0.371 e. The van der Waals surface area contributed by atoms with Gasteiger partial charge in [0.15, 0.2) is 0 Å². The van der Waals surface area contributed by atoms with Crippen LogP contribution in [0.1, 0.15) is 38.3 Å². The zero-order chi connectivity index (χ0) is 10.3. The summed E-state index contributed by atoms with van der Waals surface area (Å²) in [6, 6.07) is 0.0375. The van der Waals surface area contributed by atoms with Gasteiger partial charge in [0.05, 0.1) is 6.04 Å². The molecule has 0 saturated heterocycles. The van der Waals surface area contributed by atoms with Gasteiger partial charge in [-0.25, -0.2) is 0 Å². The van der Waals surface area contributed by atoms with Crippen molar-refractivity contribution in [3.63, 3.8) is 0 Å². The molecule has 1 radical (unpaired) electrons. The van der Waals surface area contributed by atoms with Crippen LogP contribution in [0.5, 0.6) is 0 Å². The van der Waals surface area contributed by atoms with Gasteiger partial charge in [0.1, 0.15) is 0 Å². The van der Waals surface area contributed by atoms with Crippen LogP contribution in [0, 0.1) is 18.5 Å². The summed E-state index contributed by atoms with van der Waals surface area (Å²) in [5.74, 6) is 0.727. The number of rotatable bonds is 0. The Morgan fingerprint density at radius 1 is 1.27 bits per heavy atom. The molecule has 0 aliphatic carbocycles. The molecule has 1 aliphatic heterocycles. The van der Waals surface area contributed by atoms with E-state index >= 15 is 0 Å². The van der Waals surface area contributed by atoms with E-state index in [1.807, 2.05) is 6.92 Å². The Bertz CT molecular complexity index is 395. The average Bonchev–Trinajstić information content (AvgIpc) is 2.45. The number of fused-ring (bicyclic) bond motifs is 1. The van der Waals surface area contributed by atoms with Crippen LogP contribution < -0.4 is 0 Å². The summed E-state index contributed by atoms with van der Waals surface area (Å²) in [6.07, 6.45) is 2.85. The summed E-state index contributed by atoms with van der Waals surface area (Å²) in [7, 11) is 0. The van der Waals surface area contributed by atoms with Crippen molar-refractivity contribution in [2.75, 3.05) is 0 Å². The van der Waals surface area contributed by atoms with Crippen LogP contribution in [0.25, 0.3) is 0 Å². The molecule has 1 atom stereocenters. The molecule has 1 aliphatic rings. The molecule has 1 aromatic rings. The van der Waals surface area contributed by atoms with E-state index in [0.717, 1.165) is 11.5 Å². The average molecular weight is 375 g/mol. The third kappa shape index (κ3) is 2.30. The van der Waals surface area contributed by atoms with Crippen LogP contribution in [-0.4, -0.2) is 9.97 Å². The Hall–Kier alpha value is -0.658. The zero-order valence-electron chi connectivity index (χ0n) is 9.24. The maximum Gasteiger partial charge on any atom is 0.0751 e. The second-order valence-corrected chi connectivity index (χ2v) is 4.60. The Morgan fingerprint density at radius 3 is 2.53 bits per heavy atom. The van der Waals surface area contributed by atoms with Gasteiger partial charge in [-0.2, -0.15) is 10.2 Å². The molecule has 1 aromatic heterocycles. The fourth-order valence-electron chi connectivity index (χ4n) is 1.46. The van der Waals surface area contributed by atoms with Gasteiger partial charge in [0.2, 0.25) is 0 Å². The Labute approximate surface area is 103 Å². The Balaban J connectivity index is 0.00000112. The number of aromatic nitrogens is 2. The van der Waals surface area contributed by atoms with Crippen molar-refractivity contribution in [1.29, 1.82) is 0 Å². The third-order valence-electron chi connectivity index (χ3n) is 2.20. The number of hydrogen-bond acceptors (Lipinski definition) is 4. The fourth-order valence-corrected chi connectivity index (χ4v) is 1.46. The topological polar surface area (TPSA) is 50.5 Å². The maximum atomic E-state index is 4.37. The van der Waals surface area contributed by atoms with Gasteiger partial charge in [-0.1, -0.05) is 27.7 Å². The monoisotopic (exact) mass is 376 g/mol. The van der Waals surface area contributed by atoms with Crippen LogP contribution in [0.3, 0.4) is 0 Å². The van der Waals surface area contributed by atoms with Gasteiger partial charge in [-0.05, 0) is 17.3 Å². The van der Waals surface area contributed by atoms with Crippen LogP contribution in [-0.2, 0) is 20.4 Å². The summed E-state index contributed by atoms with van der Waals surface area (Å²) in [5.41, 5.74) is 1.64. The predicted molar refractivity (Wildman–Crippen MR) is 52.3 cm³/mol. The van der Waals surface area contributed by atoms with E-state index in [1.165, 1.54) is 0 Å². The molecule has 4 nitrogen and oxygen atoms in total. The molecule has 0 aromatic carbocycles. The third-order valence-corrected chi connectivity index (χ3v) is 2.20. The first-order valence-electron chi connectivity index (χ1n) is 4.65. The first-order chi connectivity index (χ1) is 6.48. The summed E-state index contributed by atoms with van der Waals surface area (Å²) >= 11 is 0. The zero-order valence-corrected chi connectivity index (χ0v) is 12.0. The van der Waals surface area contributed by atoms with E-state index in [0.29, 0.717) is 5.69 Å². The first kappa shape index (κ1) is 12.4. The molecule has 0 N–H and O–H groups in total. The number of hydrogen-bond donors (Lipinski definition) is 0. The van der Waals surface area contributed by atoms with E-state index in [9.17, 15) is 0 Å². The smallest absolute Gasteiger partial charge is 0.0751 e.